The number of nitrogens with one attached hydrogen (secondary N) is 2. The van der Waals surface area contributed by atoms with Crippen molar-refractivity contribution in [2.24, 2.45) is 0 Å². The first kappa shape index (κ1) is 19.6. The predicted molar refractivity (Wildman–Crippen MR) is 115 cm³/mol. The van der Waals surface area contributed by atoms with Crippen LogP contribution in [0.1, 0.15) is 40.9 Å². The molecule has 0 bridgehead atoms. The molecule has 4 aromatic rings. The van der Waals surface area contributed by atoms with Crippen LogP contribution >= 0.6 is 0 Å². The molecule has 0 aliphatic heterocycles. The van der Waals surface area contributed by atoms with Gasteiger partial charge >= 0.3 is 0 Å². The molecule has 1 amide bonds. The number of hydrogen-bond donors (Lipinski definition) is 2. The molecule has 0 radical (unpaired) electrons. The summed E-state index contributed by atoms with van der Waals surface area (Å²) in [6.07, 6.45) is 6.01. The summed E-state index contributed by atoms with van der Waals surface area (Å²) in [5.41, 5.74) is 3.53. The highest BCUT2D eigenvalue weighted by Crippen LogP contribution is 2.18. The molecule has 1 aromatic carbocycles. The molecule has 0 aliphatic rings. The molecule has 30 heavy (non-hydrogen) atoms. The Bertz CT molecular complexity index is 1250. The molecule has 8 nitrogen and oxygen atoms in total. The van der Waals surface area contributed by atoms with Crippen molar-refractivity contribution in [3.63, 3.8) is 0 Å². The number of benzene rings is 1. The summed E-state index contributed by atoms with van der Waals surface area (Å²) in [4.78, 5) is 28.0. The highest BCUT2D eigenvalue weighted by Gasteiger charge is 2.15. The fourth-order valence-electron chi connectivity index (χ4n) is 3.39. The van der Waals surface area contributed by atoms with Gasteiger partial charge in [0.2, 0.25) is 0 Å². The second-order valence-corrected chi connectivity index (χ2v) is 7.42. The van der Waals surface area contributed by atoms with Crippen LogP contribution < -0.4 is 10.9 Å². The lowest BCUT2D eigenvalue weighted by Gasteiger charge is -2.16. The molecule has 8 heteroatoms. The molecule has 0 aliphatic carbocycles. The van der Waals surface area contributed by atoms with Crippen molar-refractivity contribution in [3.8, 4) is 11.4 Å². The van der Waals surface area contributed by atoms with Gasteiger partial charge in [0.15, 0.2) is 5.82 Å². The fourth-order valence-corrected chi connectivity index (χ4v) is 3.39. The van der Waals surface area contributed by atoms with E-state index in [2.05, 4.69) is 20.5 Å². The molecular weight excluding hydrogens is 380 g/mol. The molecule has 1 unspecified atom stereocenters. The maximum absolute atomic E-state index is 12.7. The molecule has 3 aromatic heterocycles. The zero-order valence-electron chi connectivity index (χ0n) is 17.2. The minimum atomic E-state index is -0.291. The number of rotatable bonds is 6. The first-order valence-corrected chi connectivity index (χ1v) is 9.94. The quantitative estimate of drug-likeness (QED) is 0.516. The zero-order valence-corrected chi connectivity index (χ0v) is 17.2. The number of aromatic amines is 1. The minimum absolute atomic E-state index is 0.0684. The van der Waals surface area contributed by atoms with Gasteiger partial charge in [-0.15, -0.1) is 5.10 Å². The number of aryl methyl sites for hydroxylation is 2. The second-order valence-electron chi connectivity index (χ2n) is 7.42. The maximum atomic E-state index is 12.7. The Labute approximate surface area is 173 Å². The Hall–Kier alpha value is -3.68. The average molecular weight is 404 g/mol. The molecule has 4 rings (SSSR count). The summed E-state index contributed by atoms with van der Waals surface area (Å²) >= 11 is 0. The van der Waals surface area contributed by atoms with Crippen molar-refractivity contribution in [1.82, 2.24) is 29.7 Å². The molecule has 1 atom stereocenters. The highest BCUT2D eigenvalue weighted by atomic mass is 16.1. The van der Waals surface area contributed by atoms with E-state index in [1.54, 1.807) is 18.5 Å². The van der Waals surface area contributed by atoms with E-state index in [1.807, 2.05) is 55.9 Å². The Kier molecular flexibility index (Phi) is 5.22. The van der Waals surface area contributed by atoms with Crippen LogP contribution in [0.4, 0.5) is 0 Å². The number of hydrogen-bond acceptors (Lipinski definition) is 4. The third-order valence-corrected chi connectivity index (χ3v) is 5.38. The Morgan fingerprint density at radius 1 is 1.23 bits per heavy atom. The fraction of sp³-hybridized carbons (Fsp3) is 0.273. The van der Waals surface area contributed by atoms with E-state index in [1.165, 1.54) is 10.1 Å². The number of carbonyl (C=O) groups excluding carboxylic acids is 1. The van der Waals surface area contributed by atoms with Crippen molar-refractivity contribution in [1.29, 1.82) is 0 Å². The number of fused-ring (bicyclic) bond motifs is 1. The number of nitrogens with zero attached hydrogens (tertiary/aromatic N) is 4. The van der Waals surface area contributed by atoms with E-state index in [-0.39, 0.29) is 17.5 Å². The smallest absolute Gasteiger partial charge is 0.275 e. The molecule has 3 heterocycles. The average Bonchev–Trinajstić information content (AvgIpc) is 3.40. The van der Waals surface area contributed by atoms with Gasteiger partial charge < -0.3 is 10.3 Å². The standard InChI is InChI=1S/C22H24N6O2/c1-4-18(27-9-5-8-24-27)12-23-21(29)17-11-19-22(30)25-20(26-28(19)13-17)16-7-6-14(2)15(3)10-16/h5-11,13,18H,4,12H2,1-3H3,(H,23,29)(H,25,26,30). The lowest BCUT2D eigenvalue weighted by Crippen LogP contribution is -2.30. The second kappa shape index (κ2) is 7.98. The van der Waals surface area contributed by atoms with Crippen LogP contribution in [0.25, 0.3) is 16.9 Å². The monoisotopic (exact) mass is 404 g/mol. The van der Waals surface area contributed by atoms with Gasteiger partial charge in [-0.25, -0.2) is 4.52 Å². The van der Waals surface area contributed by atoms with E-state index < -0.39 is 0 Å². The third kappa shape index (κ3) is 3.76. The molecule has 0 saturated heterocycles. The minimum Gasteiger partial charge on any atom is -0.350 e. The first-order chi connectivity index (χ1) is 14.5. The van der Waals surface area contributed by atoms with Crippen molar-refractivity contribution < 1.29 is 4.79 Å². The molecule has 0 fully saturated rings. The largest absolute Gasteiger partial charge is 0.350 e. The molecule has 2 N–H and O–H groups in total. The predicted octanol–water partition coefficient (Wildman–Crippen LogP) is 2.88. The lowest BCUT2D eigenvalue weighted by atomic mass is 10.1. The summed E-state index contributed by atoms with van der Waals surface area (Å²) in [6, 6.07) is 9.38. The Morgan fingerprint density at radius 3 is 2.77 bits per heavy atom. The van der Waals surface area contributed by atoms with Gasteiger partial charge in [0.05, 0.1) is 11.6 Å². The number of carbonyl (C=O) groups is 1. The summed E-state index contributed by atoms with van der Waals surface area (Å²) in [5.74, 6) is 0.209. The van der Waals surface area contributed by atoms with Gasteiger partial charge in [0.25, 0.3) is 11.5 Å². The number of aromatic nitrogens is 5. The SMILES string of the molecule is CCC(CNC(=O)c1cc2c(=O)[nH]c(-c3ccc(C)c(C)c3)nn2c1)n1cccn1. The van der Waals surface area contributed by atoms with E-state index in [0.29, 0.717) is 23.4 Å². The lowest BCUT2D eigenvalue weighted by molar-refractivity contribution is 0.0946. The third-order valence-electron chi connectivity index (χ3n) is 5.38. The van der Waals surface area contributed by atoms with Crippen molar-refractivity contribution in [3.05, 3.63) is 76.0 Å². The van der Waals surface area contributed by atoms with Crippen LogP contribution in [0.3, 0.4) is 0 Å². The summed E-state index contributed by atoms with van der Waals surface area (Å²) < 4.78 is 3.29. The Balaban J connectivity index is 1.58. The van der Waals surface area contributed by atoms with Crippen LogP contribution in [0.5, 0.6) is 0 Å². The van der Waals surface area contributed by atoms with Crippen LogP contribution in [0, 0.1) is 13.8 Å². The Morgan fingerprint density at radius 2 is 2.07 bits per heavy atom. The van der Waals surface area contributed by atoms with E-state index in [4.69, 9.17) is 0 Å². The number of H-pyrrole nitrogens is 1. The van der Waals surface area contributed by atoms with Gasteiger partial charge in [0.1, 0.15) is 5.52 Å². The topological polar surface area (TPSA) is 97.1 Å². The van der Waals surface area contributed by atoms with E-state index in [9.17, 15) is 9.59 Å². The van der Waals surface area contributed by atoms with Crippen molar-refractivity contribution in [2.75, 3.05) is 6.54 Å². The summed E-state index contributed by atoms with van der Waals surface area (Å²) in [5, 5.41) is 11.7. The molecule has 154 valence electrons. The molecular formula is C22H24N6O2. The first-order valence-electron chi connectivity index (χ1n) is 9.94. The van der Waals surface area contributed by atoms with Gasteiger partial charge in [-0.2, -0.15) is 5.10 Å². The number of amides is 1. The summed E-state index contributed by atoms with van der Waals surface area (Å²) in [6.45, 7) is 6.54. The van der Waals surface area contributed by atoms with E-state index in [0.717, 1.165) is 17.5 Å². The van der Waals surface area contributed by atoms with Gasteiger partial charge in [0, 0.05) is 30.7 Å². The van der Waals surface area contributed by atoms with Crippen LogP contribution in [0.15, 0.2) is 53.7 Å². The summed E-state index contributed by atoms with van der Waals surface area (Å²) in [7, 11) is 0. The van der Waals surface area contributed by atoms with Crippen LogP contribution in [0.2, 0.25) is 0 Å². The van der Waals surface area contributed by atoms with Gasteiger partial charge in [-0.3, -0.25) is 14.3 Å². The van der Waals surface area contributed by atoms with Gasteiger partial charge in [-0.1, -0.05) is 19.1 Å². The van der Waals surface area contributed by atoms with Crippen LogP contribution in [-0.4, -0.2) is 36.8 Å². The van der Waals surface area contributed by atoms with E-state index >= 15 is 0 Å². The van der Waals surface area contributed by atoms with Crippen LogP contribution in [-0.2, 0) is 0 Å². The van der Waals surface area contributed by atoms with Crippen molar-refractivity contribution >= 4 is 11.4 Å². The van der Waals surface area contributed by atoms with Gasteiger partial charge in [-0.05, 0) is 49.6 Å². The maximum Gasteiger partial charge on any atom is 0.275 e. The normalized spacial score (nSPS) is 12.2. The zero-order chi connectivity index (χ0) is 21.3. The molecule has 0 saturated carbocycles. The van der Waals surface area contributed by atoms with Crippen molar-refractivity contribution in [2.45, 2.75) is 33.2 Å². The highest BCUT2D eigenvalue weighted by molar-refractivity contribution is 5.95. The molecule has 0 spiro atoms.